The number of hydrogen-bond donors (Lipinski definition) is 23. The van der Waals surface area contributed by atoms with Crippen LogP contribution in [0.5, 0.6) is 0 Å². The summed E-state index contributed by atoms with van der Waals surface area (Å²) in [5, 5.41) is 20.9. The molecule has 10 rings (SSSR count). The molecule has 646 valence electrons. The van der Waals surface area contributed by atoms with Crippen molar-refractivity contribution in [3.63, 3.8) is 0 Å². The summed E-state index contributed by atoms with van der Waals surface area (Å²) in [5.41, 5.74) is 92.5. The molecule has 38 N–H and O–H groups in total. The smallest absolute Gasteiger partial charge is 0.412 e. The lowest BCUT2D eigenvalue weighted by atomic mass is 10.1. The summed E-state index contributed by atoms with van der Waals surface area (Å²) in [6.45, 7) is 6.09. The summed E-state index contributed by atoms with van der Waals surface area (Å²) in [6.07, 6.45) is 28.3. The van der Waals surface area contributed by atoms with Gasteiger partial charge < -0.3 is 128 Å². The number of amides is 8. The number of nitrogen functional groups attached to an aromatic ring is 6. The normalized spacial score (nSPS) is 11.7. The molecule has 2 aromatic carbocycles. The number of nitrogens with two attached hydrogens (primary N) is 15. The molecule has 0 aliphatic rings. The fourth-order valence-electron chi connectivity index (χ4n) is 8.98. The van der Waals surface area contributed by atoms with Crippen LogP contribution in [-0.2, 0) is 51.1 Å². The van der Waals surface area contributed by atoms with Crippen LogP contribution >= 0.6 is 0 Å². The zero-order chi connectivity index (χ0) is 89.4. The van der Waals surface area contributed by atoms with E-state index in [1.165, 1.54) is 50.4 Å². The predicted molar refractivity (Wildman–Crippen MR) is 476 cm³/mol. The van der Waals surface area contributed by atoms with E-state index in [1.807, 2.05) is 60.7 Å². The maximum Gasteiger partial charge on any atom is 0.412 e. The van der Waals surface area contributed by atoms with Crippen LogP contribution in [-0.4, -0.2) is 150 Å². The van der Waals surface area contributed by atoms with E-state index in [1.54, 1.807) is 137 Å². The van der Waals surface area contributed by atoms with Crippen molar-refractivity contribution in [3.8, 4) is 0 Å². The van der Waals surface area contributed by atoms with Gasteiger partial charge in [-0.3, -0.25) is 73.8 Å². The lowest BCUT2D eigenvalue weighted by Gasteiger charge is -2.13. The van der Waals surface area contributed by atoms with Crippen molar-refractivity contribution in [1.82, 2.24) is 39.9 Å². The minimum absolute atomic E-state index is 0.164. The average Bonchev–Trinajstić information content (AvgIpc) is 0.906. The number of rotatable bonds is 27. The zero-order valence-electron chi connectivity index (χ0n) is 67.8. The highest BCUT2D eigenvalue weighted by molar-refractivity contribution is 6.00. The van der Waals surface area contributed by atoms with Crippen molar-refractivity contribution in [2.45, 2.75) is 114 Å². The fourth-order valence-corrected chi connectivity index (χ4v) is 8.98. The summed E-state index contributed by atoms with van der Waals surface area (Å²) in [4.78, 5) is 122. The van der Waals surface area contributed by atoms with Gasteiger partial charge in [0.2, 0.25) is 41.4 Å². The minimum atomic E-state index is -0.623. The molecule has 0 radical (unpaired) electrons. The first-order valence-corrected chi connectivity index (χ1v) is 37.6. The second kappa shape index (κ2) is 57.7. The summed E-state index contributed by atoms with van der Waals surface area (Å²) in [7, 11) is 1.28. The van der Waals surface area contributed by atoms with Crippen LogP contribution in [0.4, 0.5) is 84.5 Å². The van der Waals surface area contributed by atoms with Gasteiger partial charge in [0, 0.05) is 85.1 Å². The molecule has 10 aromatic rings. The second-order valence-corrected chi connectivity index (χ2v) is 26.0. The van der Waals surface area contributed by atoms with Crippen LogP contribution < -0.4 is 129 Å². The molecule has 0 bridgehead atoms. The van der Waals surface area contributed by atoms with Crippen molar-refractivity contribution in [2.24, 2.45) is 51.6 Å². The predicted octanol–water partition coefficient (Wildman–Crippen LogP) is 3.99. The number of hydrogen-bond acceptors (Lipinski definition) is 32. The Kier molecular flexibility index (Phi) is 48.0. The van der Waals surface area contributed by atoms with Gasteiger partial charge in [-0.1, -0.05) is 73.5 Å². The molecule has 8 heterocycles. The monoisotopic (exact) mass is 1660 g/mol. The van der Waals surface area contributed by atoms with Gasteiger partial charge in [0.05, 0.1) is 137 Å². The Bertz CT molecular complexity index is 4540. The van der Waals surface area contributed by atoms with Crippen LogP contribution in [0, 0.1) is 0 Å². The van der Waals surface area contributed by atoms with Gasteiger partial charge in [0.1, 0.15) is 5.82 Å². The largest absolute Gasteiger partial charge is 0.453 e. The number of nitrogens with zero attached hydrogens (tertiary/aromatic N) is 8. The van der Waals surface area contributed by atoms with Crippen LogP contribution in [0.3, 0.4) is 0 Å². The van der Waals surface area contributed by atoms with Gasteiger partial charge in [0.25, 0.3) is 0 Å². The number of pyridine rings is 8. The third-order valence-corrected chi connectivity index (χ3v) is 15.8. The average molecular weight is 1670 g/mol. The van der Waals surface area contributed by atoms with E-state index < -0.39 is 48.4 Å². The van der Waals surface area contributed by atoms with Gasteiger partial charge in [-0.2, -0.15) is 0 Å². The van der Waals surface area contributed by atoms with Gasteiger partial charge in [-0.15, -0.1) is 0 Å². The summed E-state index contributed by atoms with van der Waals surface area (Å²) >= 11 is 0. The lowest BCUT2D eigenvalue weighted by molar-refractivity contribution is -0.118. The van der Waals surface area contributed by atoms with E-state index in [4.69, 9.17) is 86.0 Å². The maximum absolute atomic E-state index is 12.0. The molecule has 0 fully saturated rings. The SMILES string of the molecule is COC(=O)Nc1cc(N)ccn1.C[C@H](N)C(=O)Nc1ccncc1.C[C@H](N)C(=O)Nc1ccncc1N.C[C@H](N)C(=O)Nc1cnccc1N.NCCCC[C@H](N)C(=O)Nc1ccncc1.NCCCC[C@H](N)C(=O)Nc1ccncc1N.Nc1ccncc1NC(=O)[C@@H](N)Cc1ccccc1.Nc1cnccc1NC(=O)[C@@H](N)Cc1ccccc1. The van der Waals surface area contributed by atoms with Crippen LogP contribution in [0.15, 0.2) is 220 Å². The summed E-state index contributed by atoms with van der Waals surface area (Å²) < 4.78 is 4.36. The number of ether oxygens (including phenoxy) is 1. The highest BCUT2D eigenvalue weighted by atomic mass is 16.5. The zero-order valence-corrected chi connectivity index (χ0v) is 67.8. The number of carbonyl (C=O) groups excluding carboxylic acids is 8. The molecule has 7 atom stereocenters. The third kappa shape index (κ3) is 42.9. The Balaban J connectivity index is 0.000000359. The van der Waals surface area contributed by atoms with Crippen LogP contribution in [0.1, 0.15) is 70.4 Å². The molecular formula is C81H113N31O9. The quantitative estimate of drug-likeness (QED) is 0.0324. The molecule has 0 aliphatic carbocycles. The van der Waals surface area contributed by atoms with Crippen molar-refractivity contribution < 1.29 is 43.1 Å². The molecule has 8 aromatic heterocycles. The van der Waals surface area contributed by atoms with E-state index in [0.717, 1.165) is 36.8 Å². The Hall–Kier alpha value is -14.4. The van der Waals surface area contributed by atoms with E-state index >= 15 is 0 Å². The Morgan fingerprint density at radius 1 is 0.331 bits per heavy atom. The van der Waals surface area contributed by atoms with E-state index in [9.17, 15) is 38.4 Å². The van der Waals surface area contributed by atoms with E-state index in [2.05, 4.69) is 87.1 Å². The standard InChI is InChI=1S/2C14H16N4O.C11H19N5O.C11H18N4O.2C8H12N4O.C8H11N3O.C7H9N3O2/c15-11(8-10-4-2-1-3-5-10)14(19)18-13-6-7-17-9-12(13)16;15-11-6-7-17-9-13(11)18-14(19)12(16)8-10-4-2-1-3-5-10;12-5-2-1-3-8(13)11(17)16-10-4-6-15-7-9(10)14;12-6-2-1-3-10(13)11(16)15-9-4-7-14-8-5-9;1-5(9)8(13)12-7-2-3-11-4-6(7)10;1-5(9)8(13)12-7-4-11-3-2-6(7)10;1-6(9)8(12)11-7-2-4-10-5-3-7;1-12-7(11)10-6-4-5(8)2-3-9-6/h1-7,9,11H,8,15-16H2,(H,17,18,19);1-7,9,12H,8,16H2,(H2,15,17)(H,18,19);4,6-8H,1-3,5,12-14H2,(H,15,16,17);4-5,7-8,10H,1-3,6,12-13H2,(H,14,15,16);2-5H,9-10H2,1H3,(H,11,12,13);2-5H,9H2,1H3,(H2,10,11)(H,12,13);2-6H,9H2,1H3,(H,10,11,12);2-4H,1H3,(H3,8,9,10,11)/t11-;12-;8-;10-;2*5-;6-;/m0000000./s1. The van der Waals surface area contributed by atoms with Gasteiger partial charge in [-0.25, -0.2) is 9.78 Å². The highest BCUT2D eigenvalue weighted by Gasteiger charge is 2.19. The molecule has 8 amide bonds. The number of benzene rings is 2. The minimum Gasteiger partial charge on any atom is -0.453 e. The Morgan fingerprint density at radius 2 is 0.645 bits per heavy atom. The molecule has 0 aliphatic heterocycles. The molecule has 40 nitrogen and oxygen atoms in total. The van der Waals surface area contributed by atoms with Gasteiger partial charge in [0.15, 0.2) is 0 Å². The molecule has 0 spiro atoms. The number of unbranched alkanes of at least 4 members (excludes halogenated alkanes) is 2. The van der Waals surface area contributed by atoms with E-state index in [0.29, 0.717) is 119 Å². The highest BCUT2D eigenvalue weighted by Crippen LogP contribution is 2.21. The van der Waals surface area contributed by atoms with Gasteiger partial charge >= 0.3 is 6.09 Å². The number of anilines is 14. The Labute approximate surface area is 701 Å². The number of aromatic nitrogens is 8. The fraction of sp³-hybridized carbons (Fsp3) is 0.259. The van der Waals surface area contributed by atoms with Crippen molar-refractivity contribution in [1.29, 1.82) is 0 Å². The first-order chi connectivity index (χ1) is 57.8. The molecule has 0 saturated heterocycles. The molecule has 0 unspecified atom stereocenters. The van der Waals surface area contributed by atoms with Crippen molar-refractivity contribution in [3.05, 3.63) is 231 Å². The number of nitrogens with one attached hydrogen (secondary N) is 8. The molecular weight excluding hydrogens is 1550 g/mol. The lowest BCUT2D eigenvalue weighted by Crippen LogP contribution is -2.37. The number of methoxy groups -OCH3 is 1. The van der Waals surface area contributed by atoms with Crippen molar-refractivity contribution >= 4 is 127 Å². The molecule has 121 heavy (non-hydrogen) atoms. The van der Waals surface area contributed by atoms with E-state index in [-0.39, 0.29) is 41.4 Å². The molecule has 40 heteroatoms. The first-order valence-electron chi connectivity index (χ1n) is 37.6. The topological polar surface area (TPSA) is 735 Å². The molecule has 0 saturated carbocycles. The summed E-state index contributed by atoms with van der Waals surface area (Å²) in [5.74, 6) is -1.30. The second-order valence-electron chi connectivity index (χ2n) is 26.0. The van der Waals surface area contributed by atoms with Crippen LogP contribution in [0.25, 0.3) is 0 Å². The third-order valence-electron chi connectivity index (χ3n) is 15.8. The van der Waals surface area contributed by atoms with Crippen LogP contribution in [0.2, 0.25) is 0 Å². The van der Waals surface area contributed by atoms with Gasteiger partial charge in [-0.05, 0) is 144 Å². The van der Waals surface area contributed by atoms with Crippen molar-refractivity contribution in [2.75, 3.05) is 97.1 Å². The first kappa shape index (κ1) is 101. The maximum atomic E-state index is 12.0. The number of carbonyl (C=O) groups is 8. The Morgan fingerprint density at radius 3 is 0.992 bits per heavy atom. The summed E-state index contributed by atoms with van der Waals surface area (Å²) in [6, 6.07) is 33.6.